The maximum Gasteiger partial charge on any atom is 0.275 e. The topological polar surface area (TPSA) is 64.7 Å². The summed E-state index contributed by atoms with van der Waals surface area (Å²) in [5, 5.41) is 11.3. The molecule has 0 saturated heterocycles. The van der Waals surface area contributed by atoms with Gasteiger partial charge in [0, 0.05) is 19.3 Å². The third-order valence-electron chi connectivity index (χ3n) is 2.76. The van der Waals surface area contributed by atoms with Gasteiger partial charge in [0.25, 0.3) is 5.91 Å². The normalized spacial score (nSPS) is 11.6. The van der Waals surface area contributed by atoms with Crippen molar-refractivity contribution >= 4 is 11.7 Å². The average Bonchev–Trinajstić information content (AvgIpc) is 2.84. The third-order valence-corrected chi connectivity index (χ3v) is 2.76. The molecule has 0 atom stereocenters. The second kappa shape index (κ2) is 4.53. The highest BCUT2D eigenvalue weighted by Crippen LogP contribution is 2.21. The van der Waals surface area contributed by atoms with Crippen LogP contribution >= 0.6 is 0 Å². The molecule has 0 radical (unpaired) electrons. The van der Waals surface area contributed by atoms with Gasteiger partial charge in [-0.25, -0.2) is 4.68 Å². The maximum absolute atomic E-state index is 12.2. The molecule has 0 aliphatic carbocycles. The average molecular weight is 261 g/mol. The standard InChI is InChI=1S/C13H19N5O/c1-9-8-11(18(16-9)13(2,3)4)15-12(19)10-6-7-14-17(10)5/h6-8H,1-5H3,(H,15,19). The molecule has 2 heterocycles. The highest BCUT2D eigenvalue weighted by atomic mass is 16.2. The van der Waals surface area contributed by atoms with Crippen molar-refractivity contribution in [3.8, 4) is 0 Å². The molecule has 6 heteroatoms. The van der Waals surface area contributed by atoms with Crippen LogP contribution in [0, 0.1) is 6.92 Å². The van der Waals surface area contributed by atoms with E-state index < -0.39 is 0 Å². The first-order valence-corrected chi connectivity index (χ1v) is 6.15. The van der Waals surface area contributed by atoms with Gasteiger partial charge in [0.05, 0.1) is 11.2 Å². The SMILES string of the molecule is Cc1cc(NC(=O)c2ccnn2C)n(C(C)(C)C)n1. The molecule has 0 spiro atoms. The zero-order valence-electron chi connectivity index (χ0n) is 11.9. The van der Waals surface area contributed by atoms with Gasteiger partial charge in [-0.2, -0.15) is 10.2 Å². The molecule has 2 rings (SSSR count). The lowest BCUT2D eigenvalue weighted by Gasteiger charge is -2.22. The molecule has 2 aromatic rings. The van der Waals surface area contributed by atoms with Gasteiger partial charge in [0.15, 0.2) is 0 Å². The van der Waals surface area contributed by atoms with Crippen molar-refractivity contribution in [2.24, 2.45) is 7.05 Å². The number of aromatic nitrogens is 4. The molecule has 0 fully saturated rings. The molecule has 0 aliphatic heterocycles. The van der Waals surface area contributed by atoms with Crippen molar-refractivity contribution in [1.29, 1.82) is 0 Å². The number of carbonyl (C=O) groups excluding carboxylic acids is 1. The van der Waals surface area contributed by atoms with E-state index in [2.05, 4.69) is 15.5 Å². The fraction of sp³-hybridized carbons (Fsp3) is 0.462. The highest BCUT2D eigenvalue weighted by molar-refractivity contribution is 6.02. The number of amides is 1. The molecule has 2 aromatic heterocycles. The van der Waals surface area contributed by atoms with E-state index >= 15 is 0 Å². The van der Waals surface area contributed by atoms with Gasteiger partial charge in [-0.05, 0) is 33.8 Å². The number of hydrogen-bond acceptors (Lipinski definition) is 3. The van der Waals surface area contributed by atoms with E-state index in [1.165, 1.54) is 0 Å². The second-order valence-electron chi connectivity index (χ2n) is 5.55. The Morgan fingerprint density at radius 2 is 2.05 bits per heavy atom. The molecule has 19 heavy (non-hydrogen) atoms. The molecule has 1 amide bonds. The minimum absolute atomic E-state index is 0.189. The van der Waals surface area contributed by atoms with Gasteiger partial charge in [0.1, 0.15) is 11.5 Å². The summed E-state index contributed by atoms with van der Waals surface area (Å²) in [6.07, 6.45) is 1.60. The second-order valence-corrected chi connectivity index (χ2v) is 5.55. The van der Waals surface area contributed by atoms with Crippen LogP contribution in [0.3, 0.4) is 0 Å². The lowest BCUT2D eigenvalue weighted by molar-refractivity contribution is 0.101. The quantitative estimate of drug-likeness (QED) is 0.898. The van der Waals surface area contributed by atoms with Crippen molar-refractivity contribution in [2.45, 2.75) is 33.2 Å². The van der Waals surface area contributed by atoms with Crippen molar-refractivity contribution in [3.05, 3.63) is 29.7 Å². The lowest BCUT2D eigenvalue weighted by atomic mass is 10.1. The predicted octanol–water partition coefficient (Wildman–Crippen LogP) is 1.93. The van der Waals surface area contributed by atoms with E-state index in [9.17, 15) is 4.79 Å². The van der Waals surface area contributed by atoms with Crippen LogP contribution < -0.4 is 5.32 Å². The third kappa shape index (κ3) is 2.67. The van der Waals surface area contributed by atoms with E-state index in [0.717, 1.165) is 5.69 Å². The van der Waals surface area contributed by atoms with Crippen LogP contribution in [0.15, 0.2) is 18.3 Å². The van der Waals surface area contributed by atoms with E-state index in [1.54, 1.807) is 24.0 Å². The number of nitrogens with one attached hydrogen (secondary N) is 1. The first kappa shape index (κ1) is 13.3. The summed E-state index contributed by atoms with van der Waals surface area (Å²) in [4.78, 5) is 12.2. The number of aryl methyl sites for hydroxylation is 2. The van der Waals surface area contributed by atoms with E-state index in [-0.39, 0.29) is 11.4 Å². The van der Waals surface area contributed by atoms with Crippen LogP contribution in [0.25, 0.3) is 0 Å². The Bertz CT molecular complexity index is 603. The molecule has 0 aliphatic rings. The molecular formula is C13H19N5O. The summed E-state index contributed by atoms with van der Waals surface area (Å²) in [6.45, 7) is 8.03. The molecule has 6 nitrogen and oxygen atoms in total. The van der Waals surface area contributed by atoms with Crippen LogP contribution in [0.1, 0.15) is 37.0 Å². The number of hydrogen-bond donors (Lipinski definition) is 1. The van der Waals surface area contributed by atoms with Gasteiger partial charge in [-0.1, -0.05) is 0 Å². The number of nitrogens with zero attached hydrogens (tertiary/aromatic N) is 4. The van der Waals surface area contributed by atoms with Gasteiger partial charge in [-0.3, -0.25) is 9.48 Å². The fourth-order valence-corrected chi connectivity index (χ4v) is 1.88. The van der Waals surface area contributed by atoms with Gasteiger partial charge >= 0.3 is 0 Å². The van der Waals surface area contributed by atoms with Crippen LogP contribution in [0.5, 0.6) is 0 Å². The van der Waals surface area contributed by atoms with Crippen LogP contribution in [0.2, 0.25) is 0 Å². The summed E-state index contributed by atoms with van der Waals surface area (Å²) in [5.41, 5.74) is 1.19. The van der Waals surface area contributed by atoms with E-state index in [4.69, 9.17) is 0 Å². The highest BCUT2D eigenvalue weighted by Gasteiger charge is 2.21. The lowest BCUT2D eigenvalue weighted by Crippen LogP contribution is -2.27. The Hall–Kier alpha value is -2.11. The summed E-state index contributed by atoms with van der Waals surface area (Å²) in [7, 11) is 1.74. The Balaban J connectivity index is 2.30. The summed E-state index contributed by atoms with van der Waals surface area (Å²) in [5.74, 6) is 0.501. The summed E-state index contributed by atoms with van der Waals surface area (Å²) < 4.78 is 3.36. The monoisotopic (exact) mass is 261 g/mol. The maximum atomic E-state index is 12.2. The zero-order valence-corrected chi connectivity index (χ0v) is 11.9. The predicted molar refractivity (Wildman–Crippen MR) is 73.1 cm³/mol. The molecular weight excluding hydrogens is 242 g/mol. The fourth-order valence-electron chi connectivity index (χ4n) is 1.88. The minimum Gasteiger partial charge on any atom is -0.305 e. The number of carbonyl (C=O) groups is 1. The van der Waals surface area contributed by atoms with Gasteiger partial charge < -0.3 is 5.32 Å². The smallest absolute Gasteiger partial charge is 0.275 e. The van der Waals surface area contributed by atoms with Gasteiger partial charge in [-0.15, -0.1) is 0 Å². The Morgan fingerprint density at radius 1 is 1.37 bits per heavy atom. The van der Waals surface area contributed by atoms with E-state index in [1.807, 2.05) is 38.4 Å². The molecule has 102 valence electrons. The molecule has 0 bridgehead atoms. The molecule has 0 saturated carbocycles. The molecule has 0 unspecified atom stereocenters. The number of rotatable bonds is 2. The summed E-state index contributed by atoms with van der Waals surface area (Å²) >= 11 is 0. The Labute approximate surface area is 112 Å². The van der Waals surface area contributed by atoms with Crippen molar-refractivity contribution < 1.29 is 4.79 Å². The van der Waals surface area contributed by atoms with E-state index in [0.29, 0.717) is 11.5 Å². The Morgan fingerprint density at radius 3 is 2.58 bits per heavy atom. The summed E-state index contributed by atoms with van der Waals surface area (Å²) in [6, 6.07) is 3.54. The van der Waals surface area contributed by atoms with Gasteiger partial charge in [0.2, 0.25) is 0 Å². The zero-order chi connectivity index (χ0) is 14.2. The van der Waals surface area contributed by atoms with Crippen LogP contribution in [-0.2, 0) is 12.6 Å². The van der Waals surface area contributed by atoms with Crippen molar-refractivity contribution in [2.75, 3.05) is 5.32 Å². The number of anilines is 1. The van der Waals surface area contributed by atoms with Crippen LogP contribution in [-0.4, -0.2) is 25.5 Å². The first-order valence-electron chi connectivity index (χ1n) is 6.15. The van der Waals surface area contributed by atoms with Crippen molar-refractivity contribution in [1.82, 2.24) is 19.6 Å². The molecule has 1 N–H and O–H groups in total. The first-order chi connectivity index (χ1) is 8.79. The van der Waals surface area contributed by atoms with Crippen molar-refractivity contribution in [3.63, 3.8) is 0 Å². The van der Waals surface area contributed by atoms with Crippen LogP contribution in [0.4, 0.5) is 5.82 Å². The molecule has 0 aromatic carbocycles. The largest absolute Gasteiger partial charge is 0.305 e. The Kier molecular flexibility index (Phi) is 3.18. The minimum atomic E-state index is -0.191.